The molecule has 0 bridgehead atoms. The third-order valence-electron chi connectivity index (χ3n) is 5.99. The molecule has 0 saturated heterocycles. The number of carboxylic acid groups (broad SMARTS) is 1. The van der Waals surface area contributed by atoms with Crippen LogP contribution < -0.4 is 9.64 Å². The lowest BCUT2D eigenvalue weighted by atomic mass is 10.00. The average molecular weight is 404 g/mol. The van der Waals surface area contributed by atoms with E-state index in [1.165, 1.54) is 24.0 Å². The van der Waals surface area contributed by atoms with Gasteiger partial charge in [0.25, 0.3) is 0 Å². The van der Waals surface area contributed by atoms with Crippen molar-refractivity contribution in [2.24, 2.45) is 0 Å². The minimum absolute atomic E-state index is 0.298. The fraction of sp³-hybridized carbons (Fsp3) is 0.333. The summed E-state index contributed by atoms with van der Waals surface area (Å²) in [6.45, 7) is 4.77. The van der Waals surface area contributed by atoms with Crippen molar-refractivity contribution in [1.82, 2.24) is 5.16 Å². The van der Waals surface area contributed by atoms with Gasteiger partial charge in [-0.25, -0.2) is 4.79 Å². The zero-order valence-corrected chi connectivity index (χ0v) is 17.1. The topological polar surface area (TPSA) is 75.8 Å². The summed E-state index contributed by atoms with van der Waals surface area (Å²) in [5.74, 6) is 1.04. The predicted molar refractivity (Wildman–Crippen MR) is 113 cm³/mol. The molecule has 1 fully saturated rings. The Bertz CT molecular complexity index is 1100. The summed E-state index contributed by atoms with van der Waals surface area (Å²) >= 11 is 0. The lowest BCUT2D eigenvalue weighted by Crippen LogP contribution is -2.44. The number of ether oxygens (including phenoxy) is 1. The van der Waals surface area contributed by atoms with E-state index in [9.17, 15) is 9.90 Å². The molecule has 1 saturated carbocycles. The van der Waals surface area contributed by atoms with Crippen LogP contribution in [0.3, 0.4) is 0 Å². The first-order valence-corrected chi connectivity index (χ1v) is 10.3. The van der Waals surface area contributed by atoms with Crippen LogP contribution in [0.15, 0.2) is 47.0 Å². The first-order chi connectivity index (χ1) is 14.5. The van der Waals surface area contributed by atoms with Crippen molar-refractivity contribution in [1.29, 1.82) is 0 Å². The molecule has 1 N–H and O–H groups in total. The molecule has 30 heavy (non-hydrogen) atoms. The summed E-state index contributed by atoms with van der Waals surface area (Å²) in [4.78, 5) is 13.8. The third kappa shape index (κ3) is 3.32. The molecule has 1 atom stereocenters. The first kappa shape index (κ1) is 18.7. The Morgan fingerprint density at radius 3 is 2.70 bits per heavy atom. The minimum Gasteiger partial charge on any atom is -0.478 e. The van der Waals surface area contributed by atoms with E-state index in [-0.39, 0.29) is 0 Å². The molecule has 1 aliphatic carbocycles. The van der Waals surface area contributed by atoms with Gasteiger partial charge in [-0.3, -0.25) is 0 Å². The van der Waals surface area contributed by atoms with Gasteiger partial charge in [-0.2, -0.15) is 0 Å². The minimum atomic E-state index is -0.948. The van der Waals surface area contributed by atoms with E-state index >= 15 is 0 Å². The number of aliphatic carboxylic acids is 1. The molecule has 1 aromatic heterocycles. The van der Waals surface area contributed by atoms with Crippen LogP contribution in [-0.2, 0) is 11.3 Å². The second-order valence-corrected chi connectivity index (χ2v) is 8.18. The normalized spacial score (nSPS) is 18.1. The maximum atomic E-state index is 11.7. The van der Waals surface area contributed by atoms with Gasteiger partial charge in [0.1, 0.15) is 11.5 Å². The van der Waals surface area contributed by atoms with Crippen LogP contribution in [0, 0.1) is 13.8 Å². The highest BCUT2D eigenvalue weighted by Gasteiger charge is 2.33. The number of carbonyl (C=O) groups is 1. The van der Waals surface area contributed by atoms with E-state index in [1.807, 2.05) is 26.0 Å². The summed E-state index contributed by atoms with van der Waals surface area (Å²) in [7, 11) is 0. The average Bonchev–Trinajstić information content (AvgIpc) is 3.52. The molecule has 6 heteroatoms. The number of nitrogens with zero attached hydrogens (tertiary/aromatic N) is 2. The molecule has 1 aliphatic heterocycles. The van der Waals surface area contributed by atoms with Crippen molar-refractivity contribution in [3.05, 3.63) is 65.0 Å². The van der Waals surface area contributed by atoms with E-state index in [4.69, 9.17) is 9.26 Å². The Kier molecular flexibility index (Phi) is 4.50. The zero-order chi connectivity index (χ0) is 20.8. The Hall–Kier alpha value is -3.28. The Balaban J connectivity index is 1.56. The molecule has 1 unspecified atom stereocenters. The molecular weight excluding hydrogens is 380 g/mol. The van der Waals surface area contributed by atoms with Crippen LogP contribution in [0.5, 0.6) is 5.75 Å². The van der Waals surface area contributed by atoms with E-state index in [2.05, 4.69) is 40.4 Å². The van der Waals surface area contributed by atoms with Crippen molar-refractivity contribution >= 4 is 11.7 Å². The van der Waals surface area contributed by atoms with E-state index < -0.39 is 12.1 Å². The lowest BCUT2D eigenvalue weighted by Gasteiger charge is -2.35. The summed E-state index contributed by atoms with van der Waals surface area (Å²) in [6.07, 6.45) is 1.56. The van der Waals surface area contributed by atoms with Crippen molar-refractivity contribution in [3.8, 4) is 16.9 Å². The van der Waals surface area contributed by atoms with Crippen LogP contribution in [0.2, 0.25) is 0 Å². The second-order valence-electron chi connectivity index (χ2n) is 8.18. The molecule has 5 rings (SSSR count). The molecule has 0 spiro atoms. The van der Waals surface area contributed by atoms with Gasteiger partial charge in [-0.1, -0.05) is 35.5 Å². The number of rotatable bonds is 5. The monoisotopic (exact) mass is 404 g/mol. The predicted octanol–water partition coefficient (Wildman–Crippen LogP) is 4.69. The molecule has 0 radical (unpaired) electrons. The molecule has 3 aromatic rings. The van der Waals surface area contributed by atoms with E-state index in [0.29, 0.717) is 24.8 Å². The van der Waals surface area contributed by atoms with Gasteiger partial charge in [0.15, 0.2) is 0 Å². The van der Waals surface area contributed by atoms with Gasteiger partial charge >= 0.3 is 5.97 Å². The van der Waals surface area contributed by atoms with Gasteiger partial charge in [-0.05, 0) is 61.4 Å². The smallest absolute Gasteiger partial charge is 0.346 e. The number of hydrogen-bond acceptors (Lipinski definition) is 5. The van der Waals surface area contributed by atoms with Crippen LogP contribution in [0.25, 0.3) is 11.1 Å². The maximum absolute atomic E-state index is 11.7. The van der Waals surface area contributed by atoms with Crippen molar-refractivity contribution in [2.75, 3.05) is 11.4 Å². The summed E-state index contributed by atoms with van der Waals surface area (Å²) in [5, 5.41) is 13.7. The highest BCUT2D eigenvalue weighted by atomic mass is 16.5. The molecular formula is C24H24N2O4. The quantitative estimate of drug-likeness (QED) is 0.665. The molecule has 2 heterocycles. The molecule has 2 aliphatic rings. The summed E-state index contributed by atoms with van der Waals surface area (Å²) < 4.78 is 11.1. The highest BCUT2D eigenvalue weighted by molar-refractivity contribution is 5.79. The number of anilines is 1. The van der Waals surface area contributed by atoms with E-state index in [0.717, 1.165) is 28.3 Å². The van der Waals surface area contributed by atoms with Gasteiger partial charge in [0, 0.05) is 12.1 Å². The SMILES string of the molecule is Cc1noc(C)c1-c1ccc2c(c1)N(Cc1ccccc1C1CC1)CC(C(=O)O)O2. The number of benzene rings is 2. The number of carboxylic acids is 1. The largest absolute Gasteiger partial charge is 0.478 e. The highest BCUT2D eigenvalue weighted by Crippen LogP contribution is 2.43. The van der Waals surface area contributed by atoms with Crippen LogP contribution in [0.1, 0.15) is 41.3 Å². The number of hydrogen-bond donors (Lipinski definition) is 1. The fourth-order valence-corrected chi connectivity index (χ4v) is 4.36. The van der Waals surface area contributed by atoms with Crippen molar-refractivity contribution in [2.45, 2.75) is 45.3 Å². The maximum Gasteiger partial charge on any atom is 0.346 e. The van der Waals surface area contributed by atoms with Gasteiger partial charge in [-0.15, -0.1) is 0 Å². The number of aromatic nitrogens is 1. The standard InChI is InChI=1S/C24H24N2O4/c1-14-23(15(2)30-25-14)17-9-10-21-20(11-17)26(13-22(29-21)24(27)28)12-18-5-3-4-6-19(18)16-7-8-16/h3-6,9-11,16,22H,7-8,12-13H2,1-2H3,(H,27,28). The molecule has 0 amide bonds. The van der Waals surface area contributed by atoms with Crippen molar-refractivity contribution in [3.63, 3.8) is 0 Å². The summed E-state index contributed by atoms with van der Waals surface area (Å²) in [6, 6.07) is 14.3. The Labute approximate surface area is 175 Å². The Morgan fingerprint density at radius 1 is 1.20 bits per heavy atom. The van der Waals surface area contributed by atoms with E-state index in [1.54, 1.807) is 0 Å². The molecule has 154 valence electrons. The fourth-order valence-electron chi connectivity index (χ4n) is 4.36. The van der Waals surface area contributed by atoms with Crippen LogP contribution >= 0.6 is 0 Å². The van der Waals surface area contributed by atoms with Crippen molar-refractivity contribution < 1.29 is 19.2 Å². The zero-order valence-electron chi connectivity index (χ0n) is 17.1. The van der Waals surface area contributed by atoms with Gasteiger partial charge in [0.05, 0.1) is 17.9 Å². The van der Waals surface area contributed by atoms with Crippen LogP contribution in [0.4, 0.5) is 5.69 Å². The molecule has 2 aromatic carbocycles. The number of aryl methyl sites for hydroxylation is 2. The van der Waals surface area contributed by atoms with Crippen LogP contribution in [-0.4, -0.2) is 28.9 Å². The summed E-state index contributed by atoms with van der Waals surface area (Å²) in [5.41, 5.74) is 6.31. The second kappa shape index (κ2) is 7.20. The Morgan fingerprint density at radius 2 is 2.00 bits per heavy atom. The van der Waals surface area contributed by atoms with Gasteiger partial charge < -0.3 is 19.3 Å². The lowest BCUT2D eigenvalue weighted by molar-refractivity contribution is -0.144. The first-order valence-electron chi connectivity index (χ1n) is 10.3. The molecule has 6 nitrogen and oxygen atoms in total. The third-order valence-corrected chi connectivity index (χ3v) is 5.99. The number of fused-ring (bicyclic) bond motifs is 1. The van der Waals surface area contributed by atoms with Gasteiger partial charge in [0.2, 0.25) is 6.10 Å².